The Labute approximate surface area is 155 Å². The molecule has 8 nitrogen and oxygen atoms in total. The number of benzene rings is 2. The molecular formula is C19H19NO7. The summed E-state index contributed by atoms with van der Waals surface area (Å²) in [6.07, 6.45) is -1.03. The molecule has 0 radical (unpaired) electrons. The number of hydrogen-bond donors (Lipinski definition) is 1. The molecule has 2 aromatic rings. The number of nitrogens with zero attached hydrogens (tertiary/aromatic N) is 1. The SMILES string of the molecule is CCN(C(=O)OCCOc1ccc(Oc2ccccc2)cc1)C(=O)C(=O)O. The summed E-state index contributed by atoms with van der Waals surface area (Å²) in [5, 5.41) is 8.63. The number of likely N-dealkylation sites (N-methyl/N-ethyl adjacent to an activating group) is 1. The molecule has 2 rings (SSSR count). The van der Waals surface area contributed by atoms with Gasteiger partial charge in [0.25, 0.3) is 0 Å². The topological polar surface area (TPSA) is 102 Å². The predicted molar refractivity (Wildman–Crippen MR) is 94.8 cm³/mol. The van der Waals surface area contributed by atoms with E-state index in [1.165, 1.54) is 6.92 Å². The Balaban J connectivity index is 1.76. The van der Waals surface area contributed by atoms with Crippen LogP contribution < -0.4 is 9.47 Å². The molecule has 0 saturated heterocycles. The van der Waals surface area contributed by atoms with Gasteiger partial charge in [0.05, 0.1) is 0 Å². The second-order valence-corrected chi connectivity index (χ2v) is 5.20. The van der Waals surface area contributed by atoms with Crippen molar-refractivity contribution >= 4 is 18.0 Å². The van der Waals surface area contributed by atoms with E-state index in [2.05, 4.69) is 0 Å². The van der Waals surface area contributed by atoms with Gasteiger partial charge in [-0.15, -0.1) is 0 Å². The van der Waals surface area contributed by atoms with Crippen LogP contribution in [-0.4, -0.2) is 47.7 Å². The largest absolute Gasteiger partial charge is 0.490 e. The van der Waals surface area contributed by atoms with Crippen molar-refractivity contribution in [3.05, 3.63) is 54.6 Å². The summed E-state index contributed by atoms with van der Waals surface area (Å²) in [7, 11) is 0. The number of rotatable bonds is 7. The summed E-state index contributed by atoms with van der Waals surface area (Å²) in [5.41, 5.74) is 0. The molecule has 142 valence electrons. The molecule has 0 saturated carbocycles. The van der Waals surface area contributed by atoms with Crippen molar-refractivity contribution < 1.29 is 33.7 Å². The minimum absolute atomic E-state index is 0.0451. The van der Waals surface area contributed by atoms with Gasteiger partial charge in [-0.1, -0.05) is 18.2 Å². The molecule has 0 bridgehead atoms. The molecule has 0 unspecified atom stereocenters. The van der Waals surface area contributed by atoms with E-state index < -0.39 is 18.0 Å². The first-order valence-corrected chi connectivity index (χ1v) is 8.18. The summed E-state index contributed by atoms with van der Waals surface area (Å²) in [6.45, 7) is 1.28. The number of carboxylic acid groups (broad SMARTS) is 1. The molecule has 27 heavy (non-hydrogen) atoms. The van der Waals surface area contributed by atoms with Gasteiger partial charge in [-0.25, -0.2) is 14.5 Å². The molecule has 0 heterocycles. The van der Waals surface area contributed by atoms with E-state index in [0.717, 1.165) is 5.75 Å². The first-order valence-electron chi connectivity index (χ1n) is 8.18. The highest BCUT2D eigenvalue weighted by molar-refractivity contribution is 6.34. The summed E-state index contributed by atoms with van der Waals surface area (Å²) in [6, 6.07) is 16.2. The van der Waals surface area contributed by atoms with Gasteiger partial charge in [0.15, 0.2) is 0 Å². The van der Waals surface area contributed by atoms with Crippen LogP contribution in [0.25, 0.3) is 0 Å². The average molecular weight is 373 g/mol. The minimum atomic E-state index is -1.72. The Morgan fingerprint density at radius 2 is 1.48 bits per heavy atom. The highest BCUT2D eigenvalue weighted by atomic mass is 16.6. The third-order valence-electron chi connectivity index (χ3n) is 3.34. The van der Waals surface area contributed by atoms with Gasteiger partial charge in [-0.05, 0) is 43.3 Å². The van der Waals surface area contributed by atoms with E-state index in [0.29, 0.717) is 16.4 Å². The second kappa shape index (κ2) is 9.81. The van der Waals surface area contributed by atoms with Crippen LogP contribution in [0.1, 0.15) is 6.92 Å². The molecule has 0 aliphatic heterocycles. The lowest BCUT2D eigenvalue weighted by Crippen LogP contribution is -2.41. The first kappa shape index (κ1) is 19.8. The molecule has 8 heteroatoms. The first-order chi connectivity index (χ1) is 13.0. The highest BCUT2D eigenvalue weighted by Gasteiger charge is 2.26. The minimum Gasteiger partial charge on any atom is -0.490 e. The van der Waals surface area contributed by atoms with Crippen LogP contribution in [0.4, 0.5) is 4.79 Å². The van der Waals surface area contributed by atoms with Gasteiger partial charge in [-0.3, -0.25) is 4.79 Å². The normalized spacial score (nSPS) is 9.96. The van der Waals surface area contributed by atoms with Crippen molar-refractivity contribution in [1.82, 2.24) is 4.90 Å². The number of carbonyl (C=O) groups is 3. The number of hydrogen-bond acceptors (Lipinski definition) is 6. The summed E-state index contributed by atoms with van der Waals surface area (Å²) in [5.74, 6) is -1.15. The fourth-order valence-electron chi connectivity index (χ4n) is 2.07. The van der Waals surface area contributed by atoms with Crippen LogP contribution in [0, 0.1) is 0 Å². The van der Waals surface area contributed by atoms with Crippen molar-refractivity contribution in [2.45, 2.75) is 6.92 Å². The molecule has 2 amide bonds. The molecule has 0 fully saturated rings. The number of para-hydroxylation sites is 1. The molecule has 0 atom stereocenters. The molecule has 1 N–H and O–H groups in total. The zero-order chi connectivity index (χ0) is 19.6. The number of ether oxygens (including phenoxy) is 3. The lowest BCUT2D eigenvalue weighted by Gasteiger charge is -2.16. The molecule has 0 aliphatic rings. The van der Waals surface area contributed by atoms with Gasteiger partial charge in [0.2, 0.25) is 0 Å². The van der Waals surface area contributed by atoms with Gasteiger partial charge in [0.1, 0.15) is 30.5 Å². The molecular weight excluding hydrogens is 354 g/mol. The highest BCUT2D eigenvalue weighted by Crippen LogP contribution is 2.23. The molecule has 2 aromatic carbocycles. The van der Waals surface area contributed by atoms with Gasteiger partial charge < -0.3 is 19.3 Å². The van der Waals surface area contributed by atoms with Crippen molar-refractivity contribution in [2.75, 3.05) is 19.8 Å². The summed E-state index contributed by atoms with van der Waals surface area (Å²) in [4.78, 5) is 34.1. The fraction of sp³-hybridized carbons (Fsp3) is 0.211. The van der Waals surface area contributed by atoms with Crippen LogP contribution in [0.15, 0.2) is 54.6 Å². The van der Waals surface area contributed by atoms with Crippen LogP contribution >= 0.6 is 0 Å². The third kappa shape index (κ3) is 6.03. The van der Waals surface area contributed by atoms with Gasteiger partial charge >= 0.3 is 18.0 Å². The van der Waals surface area contributed by atoms with Crippen molar-refractivity contribution in [2.24, 2.45) is 0 Å². The zero-order valence-electron chi connectivity index (χ0n) is 14.7. The van der Waals surface area contributed by atoms with E-state index in [1.807, 2.05) is 30.3 Å². The van der Waals surface area contributed by atoms with E-state index in [-0.39, 0.29) is 19.8 Å². The Morgan fingerprint density at radius 3 is 2.07 bits per heavy atom. The number of amides is 2. The van der Waals surface area contributed by atoms with E-state index in [9.17, 15) is 14.4 Å². The zero-order valence-corrected chi connectivity index (χ0v) is 14.7. The van der Waals surface area contributed by atoms with E-state index in [1.54, 1.807) is 24.3 Å². The predicted octanol–water partition coefficient (Wildman–Crippen LogP) is 2.93. The van der Waals surface area contributed by atoms with E-state index in [4.69, 9.17) is 19.3 Å². The maximum atomic E-state index is 11.7. The van der Waals surface area contributed by atoms with Crippen LogP contribution in [0.2, 0.25) is 0 Å². The van der Waals surface area contributed by atoms with Gasteiger partial charge in [-0.2, -0.15) is 0 Å². The van der Waals surface area contributed by atoms with Crippen LogP contribution in [-0.2, 0) is 14.3 Å². The molecule has 0 aliphatic carbocycles. The quantitative estimate of drug-likeness (QED) is 0.588. The molecule has 0 aromatic heterocycles. The van der Waals surface area contributed by atoms with Crippen LogP contribution in [0.3, 0.4) is 0 Å². The Morgan fingerprint density at radius 1 is 0.889 bits per heavy atom. The van der Waals surface area contributed by atoms with Crippen LogP contribution in [0.5, 0.6) is 17.2 Å². The second-order valence-electron chi connectivity index (χ2n) is 5.20. The summed E-state index contributed by atoms with van der Waals surface area (Å²) >= 11 is 0. The Bertz CT molecular complexity index is 774. The van der Waals surface area contributed by atoms with Crippen molar-refractivity contribution in [3.8, 4) is 17.2 Å². The van der Waals surface area contributed by atoms with Gasteiger partial charge in [0, 0.05) is 6.54 Å². The van der Waals surface area contributed by atoms with Crippen molar-refractivity contribution in [1.29, 1.82) is 0 Å². The lowest BCUT2D eigenvalue weighted by molar-refractivity contribution is -0.154. The standard InChI is InChI=1S/C19H19NO7/c1-2-20(17(21)18(22)23)19(24)26-13-12-25-14-8-10-16(11-9-14)27-15-6-4-3-5-7-15/h3-11H,2,12-13H2,1H3,(H,22,23). The molecule has 0 spiro atoms. The lowest BCUT2D eigenvalue weighted by atomic mass is 10.3. The average Bonchev–Trinajstić information content (AvgIpc) is 2.67. The maximum absolute atomic E-state index is 11.7. The Hall–Kier alpha value is -3.55. The third-order valence-corrected chi connectivity index (χ3v) is 3.34. The maximum Gasteiger partial charge on any atom is 0.417 e. The smallest absolute Gasteiger partial charge is 0.417 e. The number of aliphatic carboxylic acids is 1. The number of carbonyl (C=O) groups excluding carboxylic acids is 2. The Kier molecular flexibility index (Phi) is 7.18. The van der Waals surface area contributed by atoms with E-state index >= 15 is 0 Å². The fourth-order valence-corrected chi connectivity index (χ4v) is 2.07. The van der Waals surface area contributed by atoms with Crippen molar-refractivity contribution in [3.63, 3.8) is 0 Å². The number of carboxylic acids is 1. The monoisotopic (exact) mass is 373 g/mol. The summed E-state index contributed by atoms with van der Waals surface area (Å²) < 4.78 is 15.9. The number of imide groups is 1.